The molecule has 0 bridgehead atoms. The van der Waals surface area contributed by atoms with Gasteiger partial charge in [0.25, 0.3) is 0 Å². The number of pyridine rings is 1. The van der Waals surface area contributed by atoms with Gasteiger partial charge in [-0.3, -0.25) is 4.98 Å². The Bertz CT molecular complexity index is 694. The van der Waals surface area contributed by atoms with Crippen molar-refractivity contribution in [2.24, 2.45) is 5.73 Å². The van der Waals surface area contributed by atoms with E-state index in [1.165, 1.54) is 12.1 Å². The van der Waals surface area contributed by atoms with E-state index in [-0.39, 0.29) is 11.9 Å². The highest BCUT2D eigenvalue weighted by Gasteiger charge is 2.13. The van der Waals surface area contributed by atoms with Gasteiger partial charge in [-0.15, -0.1) is 0 Å². The van der Waals surface area contributed by atoms with Crippen molar-refractivity contribution in [3.63, 3.8) is 0 Å². The van der Waals surface area contributed by atoms with Crippen LogP contribution in [0, 0.1) is 5.82 Å². The summed E-state index contributed by atoms with van der Waals surface area (Å²) in [6.07, 6.45) is 2.32. The lowest BCUT2D eigenvalue weighted by Gasteiger charge is -2.07. The Morgan fingerprint density at radius 1 is 1.21 bits per heavy atom. The van der Waals surface area contributed by atoms with E-state index in [0.717, 1.165) is 11.1 Å². The summed E-state index contributed by atoms with van der Waals surface area (Å²) in [4.78, 5) is 4.23. The predicted molar refractivity (Wildman–Crippen MR) is 71.0 cm³/mol. The molecular weight excluding hydrogens is 243 g/mol. The molecule has 19 heavy (non-hydrogen) atoms. The maximum atomic E-state index is 13.1. The molecule has 0 aliphatic carbocycles. The highest BCUT2D eigenvalue weighted by Crippen LogP contribution is 2.25. The summed E-state index contributed by atoms with van der Waals surface area (Å²) in [5.41, 5.74) is 7.65. The zero-order valence-electron chi connectivity index (χ0n) is 10.2. The van der Waals surface area contributed by atoms with Gasteiger partial charge in [0, 0.05) is 23.7 Å². The molecule has 96 valence electrons. The monoisotopic (exact) mass is 256 g/mol. The Morgan fingerprint density at radius 2 is 2.11 bits per heavy atom. The van der Waals surface area contributed by atoms with Crippen LogP contribution >= 0.6 is 0 Å². The molecule has 0 saturated carbocycles. The third-order valence-electron chi connectivity index (χ3n) is 3.02. The third-order valence-corrected chi connectivity index (χ3v) is 3.02. The summed E-state index contributed by atoms with van der Waals surface area (Å²) in [6.45, 7) is 0. The Balaban J connectivity index is 1.87. The van der Waals surface area contributed by atoms with Crippen LogP contribution in [0.4, 0.5) is 4.39 Å². The van der Waals surface area contributed by atoms with Crippen molar-refractivity contribution in [3.05, 3.63) is 65.9 Å². The molecule has 3 rings (SSSR count). The number of halogens is 1. The quantitative estimate of drug-likeness (QED) is 0.782. The Hall–Kier alpha value is -2.20. The fourth-order valence-electron chi connectivity index (χ4n) is 2.06. The van der Waals surface area contributed by atoms with Crippen LogP contribution in [0.5, 0.6) is 0 Å². The second-order valence-corrected chi connectivity index (χ2v) is 4.46. The number of hydrogen-bond donors (Lipinski definition) is 1. The molecule has 0 fully saturated rings. The summed E-state index contributed by atoms with van der Waals surface area (Å²) in [5, 5.41) is 0.728. The number of rotatable bonds is 3. The molecule has 0 aliphatic heterocycles. The molecule has 0 spiro atoms. The number of furan rings is 1. The molecule has 2 aromatic heterocycles. The first kappa shape index (κ1) is 11.9. The first-order valence-electron chi connectivity index (χ1n) is 6.07. The SMILES string of the molecule is NC(Cc1ccccn1)c1cc2cc(F)ccc2o1. The van der Waals surface area contributed by atoms with Crippen LogP contribution in [0.1, 0.15) is 17.5 Å². The van der Waals surface area contributed by atoms with Gasteiger partial charge >= 0.3 is 0 Å². The van der Waals surface area contributed by atoms with Gasteiger partial charge in [-0.1, -0.05) is 6.07 Å². The minimum Gasteiger partial charge on any atom is -0.459 e. The van der Waals surface area contributed by atoms with Gasteiger partial charge in [0.05, 0.1) is 6.04 Å². The first-order chi connectivity index (χ1) is 9.22. The van der Waals surface area contributed by atoms with Crippen LogP contribution in [0.15, 0.2) is 53.1 Å². The smallest absolute Gasteiger partial charge is 0.134 e. The van der Waals surface area contributed by atoms with Gasteiger partial charge in [-0.25, -0.2) is 4.39 Å². The molecule has 1 atom stereocenters. The maximum Gasteiger partial charge on any atom is 0.134 e. The van der Waals surface area contributed by atoms with Crippen molar-refractivity contribution < 1.29 is 8.81 Å². The highest BCUT2D eigenvalue weighted by molar-refractivity contribution is 5.78. The van der Waals surface area contributed by atoms with Crippen molar-refractivity contribution in [1.82, 2.24) is 4.98 Å². The number of hydrogen-bond acceptors (Lipinski definition) is 3. The minimum atomic E-state index is -0.287. The lowest BCUT2D eigenvalue weighted by atomic mass is 10.1. The third kappa shape index (κ3) is 2.48. The van der Waals surface area contributed by atoms with E-state index in [9.17, 15) is 4.39 Å². The number of benzene rings is 1. The molecule has 3 aromatic rings. The van der Waals surface area contributed by atoms with Crippen LogP contribution in [-0.2, 0) is 6.42 Å². The summed E-state index contributed by atoms with van der Waals surface area (Å²) < 4.78 is 18.7. The van der Waals surface area contributed by atoms with E-state index in [2.05, 4.69) is 4.98 Å². The molecule has 1 aromatic carbocycles. The molecule has 4 heteroatoms. The van der Waals surface area contributed by atoms with Crippen LogP contribution in [0.3, 0.4) is 0 Å². The van der Waals surface area contributed by atoms with E-state index in [1.807, 2.05) is 18.2 Å². The van der Waals surface area contributed by atoms with Gasteiger partial charge in [0.2, 0.25) is 0 Å². The molecule has 3 nitrogen and oxygen atoms in total. The van der Waals surface area contributed by atoms with Crippen molar-refractivity contribution in [3.8, 4) is 0 Å². The second kappa shape index (κ2) is 4.82. The first-order valence-corrected chi connectivity index (χ1v) is 6.07. The summed E-state index contributed by atoms with van der Waals surface area (Å²) in [7, 11) is 0. The Kier molecular flexibility index (Phi) is 3.01. The van der Waals surface area contributed by atoms with Gasteiger partial charge in [0.1, 0.15) is 17.2 Å². The van der Waals surface area contributed by atoms with Crippen LogP contribution in [-0.4, -0.2) is 4.98 Å². The molecule has 2 heterocycles. The predicted octanol–water partition coefficient (Wildman–Crippen LogP) is 3.21. The second-order valence-electron chi connectivity index (χ2n) is 4.46. The lowest BCUT2D eigenvalue weighted by molar-refractivity contribution is 0.491. The zero-order valence-corrected chi connectivity index (χ0v) is 10.2. The lowest BCUT2D eigenvalue weighted by Crippen LogP contribution is -2.13. The van der Waals surface area contributed by atoms with E-state index in [0.29, 0.717) is 17.8 Å². The van der Waals surface area contributed by atoms with Crippen LogP contribution < -0.4 is 5.73 Å². The molecular formula is C15H13FN2O. The summed E-state index contributed by atoms with van der Waals surface area (Å²) in [6, 6.07) is 11.6. The van der Waals surface area contributed by atoms with E-state index in [4.69, 9.17) is 10.2 Å². The van der Waals surface area contributed by atoms with Crippen LogP contribution in [0.25, 0.3) is 11.0 Å². The van der Waals surface area contributed by atoms with Gasteiger partial charge < -0.3 is 10.2 Å². The minimum absolute atomic E-state index is 0.279. The number of nitrogens with two attached hydrogens (primary N) is 1. The molecule has 2 N–H and O–H groups in total. The van der Waals surface area contributed by atoms with Crippen molar-refractivity contribution in [2.45, 2.75) is 12.5 Å². The standard InChI is InChI=1S/C15H13FN2O/c16-11-4-5-14-10(7-11)8-15(19-14)13(17)9-12-3-1-2-6-18-12/h1-8,13H,9,17H2. The van der Waals surface area contributed by atoms with Crippen LogP contribution in [0.2, 0.25) is 0 Å². The molecule has 0 radical (unpaired) electrons. The zero-order chi connectivity index (χ0) is 13.2. The Morgan fingerprint density at radius 3 is 2.89 bits per heavy atom. The van der Waals surface area contributed by atoms with Crippen molar-refractivity contribution in [2.75, 3.05) is 0 Å². The summed E-state index contributed by atoms with van der Waals surface area (Å²) in [5.74, 6) is 0.365. The van der Waals surface area contributed by atoms with Crippen molar-refractivity contribution in [1.29, 1.82) is 0 Å². The molecule has 0 aliphatic rings. The number of nitrogens with zero attached hydrogens (tertiary/aromatic N) is 1. The molecule has 1 unspecified atom stereocenters. The van der Waals surface area contributed by atoms with E-state index >= 15 is 0 Å². The number of fused-ring (bicyclic) bond motifs is 1. The maximum absolute atomic E-state index is 13.1. The summed E-state index contributed by atoms with van der Waals surface area (Å²) >= 11 is 0. The topological polar surface area (TPSA) is 52.0 Å². The van der Waals surface area contributed by atoms with E-state index < -0.39 is 0 Å². The average molecular weight is 256 g/mol. The highest BCUT2D eigenvalue weighted by atomic mass is 19.1. The fourth-order valence-corrected chi connectivity index (χ4v) is 2.06. The normalized spacial score (nSPS) is 12.7. The van der Waals surface area contributed by atoms with Crippen molar-refractivity contribution >= 4 is 11.0 Å². The fraction of sp³-hybridized carbons (Fsp3) is 0.133. The number of aromatic nitrogens is 1. The molecule has 0 amide bonds. The van der Waals surface area contributed by atoms with Gasteiger partial charge in [0.15, 0.2) is 0 Å². The van der Waals surface area contributed by atoms with E-state index in [1.54, 1.807) is 18.3 Å². The molecule has 0 saturated heterocycles. The largest absolute Gasteiger partial charge is 0.459 e. The van der Waals surface area contributed by atoms with Gasteiger partial charge in [-0.05, 0) is 36.4 Å². The average Bonchev–Trinajstić information content (AvgIpc) is 2.83. The van der Waals surface area contributed by atoms with Gasteiger partial charge in [-0.2, -0.15) is 0 Å². The Labute approximate surface area is 109 Å².